The van der Waals surface area contributed by atoms with Gasteiger partial charge in [-0.1, -0.05) is 18.2 Å². The number of nitrogens with one attached hydrogen (secondary N) is 1. The summed E-state index contributed by atoms with van der Waals surface area (Å²) in [6.07, 6.45) is 0. The second kappa shape index (κ2) is 5.65. The topological polar surface area (TPSA) is 75.4 Å². The summed E-state index contributed by atoms with van der Waals surface area (Å²) in [7, 11) is 0.0408. The third-order valence-electron chi connectivity index (χ3n) is 3.13. The Kier molecular flexibility index (Phi) is 4.09. The fourth-order valence-corrected chi connectivity index (χ4v) is 3.41. The molecule has 21 heavy (non-hydrogen) atoms. The fourth-order valence-electron chi connectivity index (χ4n) is 2.06. The number of benzene rings is 2. The zero-order valence-electron chi connectivity index (χ0n) is 12.3. The van der Waals surface area contributed by atoms with Crippen LogP contribution in [0.5, 0.6) is 0 Å². The van der Waals surface area contributed by atoms with Crippen molar-refractivity contribution in [2.45, 2.75) is 11.8 Å². The molecule has 0 saturated heterocycles. The Labute approximate surface area is 125 Å². The summed E-state index contributed by atoms with van der Waals surface area (Å²) in [5.74, 6) is 0. The van der Waals surface area contributed by atoms with Gasteiger partial charge >= 0.3 is 0 Å². The van der Waals surface area contributed by atoms with Crippen LogP contribution in [-0.4, -0.2) is 22.5 Å². The molecule has 0 bridgehead atoms. The Morgan fingerprint density at radius 3 is 2.43 bits per heavy atom. The second-order valence-corrected chi connectivity index (χ2v) is 6.69. The maximum absolute atomic E-state index is 12.6. The average molecular weight is 305 g/mol. The molecule has 0 heterocycles. The third kappa shape index (κ3) is 3.28. The smallest absolute Gasteiger partial charge is 0.262 e. The lowest BCUT2D eigenvalue weighted by Crippen LogP contribution is -2.18. The van der Waals surface area contributed by atoms with E-state index in [4.69, 9.17) is 5.73 Å². The number of rotatable bonds is 4. The number of nitrogens with zero attached hydrogens (tertiary/aromatic N) is 1. The molecule has 0 radical (unpaired) electrons. The van der Waals surface area contributed by atoms with E-state index in [0.29, 0.717) is 16.9 Å². The van der Waals surface area contributed by atoms with Gasteiger partial charge in [-0.15, -0.1) is 0 Å². The Balaban J connectivity index is 2.45. The van der Waals surface area contributed by atoms with E-state index in [1.54, 1.807) is 31.2 Å². The van der Waals surface area contributed by atoms with E-state index in [-0.39, 0.29) is 4.90 Å². The van der Waals surface area contributed by atoms with Crippen LogP contribution in [0, 0.1) is 6.92 Å². The maximum Gasteiger partial charge on any atom is 0.262 e. The van der Waals surface area contributed by atoms with Crippen molar-refractivity contribution in [1.82, 2.24) is 0 Å². The first kappa shape index (κ1) is 15.2. The Morgan fingerprint density at radius 1 is 1.10 bits per heavy atom. The molecule has 0 amide bonds. The Hall–Kier alpha value is -2.21. The second-order valence-electron chi connectivity index (χ2n) is 5.04. The molecule has 0 saturated carbocycles. The summed E-state index contributed by atoms with van der Waals surface area (Å²) in [5, 5.41) is 0. The van der Waals surface area contributed by atoms with Gasteiger partial charge in [0.25, 0.3) is 10.0 Å². The van der Waals surface area contributed by atoms with Crippen LogP contribution < -0.4 is 15.4 Å². The van der Waals surface area contributed by atoms with Crippen LogP contribution in [0.15, 0.2) is 47.4 Å². The fraction of sp³-hybridized carbons (Fsp3) is 0.200. The van der Waals surface area contributed by atoms with Crippen molar-refractivity contribution in [3.05, 3.63) is 48.0 Å². The normalized spacial score (nSPS) is 11.2. The lowest BCUT2D eigenvalue weighted by atomic mass is 10.2. The molecule has 6 heteroatoms. The minimum Gasteiger partial charge on any atom is -0.399 e. The molecule has 3 N–H and O–H groups in total. The molecule has 0 unspecified atom stereocenters. The number of nitrogens with two attached hydrogens (primary N) is 1. The van der Waals surface area contributed by atoms with Gasteiger partial charge in [0.1, 0.15) is 0 Å². The van der Waals surface area contributed by atoms with Crippen molar-refractivity contribution < 1.29 is 8.42 Å². The molecule has 0 aliphatic carbocycles. The highest BCUT2D eigenvalue weighted by Crippen LogP contribution is 2.27. The lowest BCUT2D eigenvalue weighted by molar-refractivity contribution is 0.600. The zero-order valence-corrected chi connectivity index (χ0v) is 13.1. The quantitative estimate of drug-likeness (QED) is 0.851. The van der Waals surface area contributed by atoms with Crippen molar-refractivity contribution in [1.29, 1.82) is 0 Å². The molecular formula is C15H19N3O2S. The number of hydrogen-bond donors (Lipinski definition) is 2. The molecule has 2 rings (SSSR count). The van der Waals surface area contributed by atoms with Crippen LogP contribution in [-0.2, 0) is 10.0 Å². The first-order valence-corrected chi connectivity index (χ1v) is 7.95. The molecule has 0 aliphatic heterocycles. The first-order chi connectivity index (χ1) is 9.81. The Morgan fingerprint density at radius 2 is 1.76 bits per heavy atom. The highest BCUT2D eigenvalue weighted by atomic mass is 32.2. The van der Waals surface area contributed by atoms with Crippen LogP contribution in [0.4, 0.5) is 17.1 Å². The van der Waals surface area contributed by atoms with Crippen LogP contribution in [0.2, 0.25) is 0 Å². The molecule has 5 nitrogen and oxygen atoms in total. The van der Waals surface area contributed by atoms with Crippen molar-refractivity contribution in [2.24, 2.45) is 0 Å². The van der Waals surface area contributed by atoms with Crippen LogP contribution in [0.25, 0.3) is 0 Å². The highest BCUT2D eigenvalue weighted by molar-refractivity contribution is 7.92. The van der Waals surface area contributed by atoms with Gasteiger partial charge in [0, 0.05) is 19.8 Å². The SMILES string of the molecule is Cc1ccc(N)cc1S(=O)(=O)Nc1ccccc1N(C)C. The minimum absolute atomic E-state index is 0.191. The summed E-state index contributed by atoms with van der Waals surface area (Å²) in [6, 6.07) is 12.1. The molecule has 2 aromatic carbocycles. The first-order valence-electron chi connectivity index (χ1n) is 6.46. The molecule has 0 atom stereocenters. The van der Waals surface area contributed by atoms with E-state index in [9.17, 15) is 8.42 Å². The number of para-hydroxylation sites is 2. The Bertz CT molecular complexity index is 755. The average Bonchev–Trinajstić information content (AvgIpc) is 2.41. The monoisotopic (exact) mass is 305 g/mol. The zero-order chi connectivity index (χ0) is 15.6. The molecule has 0 fully saturated rings. The third-order valence-corrected chi connectivity index (χ3v) is 4.64. The number of anilines is 3. The van der Waals surface area contributed by atoms with Crippen molar-refractivity contribution in [2.75, 3.05) is 29.5 Å². The number of aryl methyl sites for hydroxylation is 1. The molecular weight excluding hydrogens is 286 g/mol. The van der Waals surface area contributed by atoms with Crippen LogP contribution in [0.1, 0.15) is 5.56 Å². The largest absolute Gasteiger partial charge is 0.399 e. The van der Waals surface area contributed by atoms with Crippen molar-refractivity contribution >= 4 is 27.1 Å². The summed E-state index contributed by atoms with van der Waals surface area (Å²) >= 11 is 0. The predicted octanol–water partition coefficient (Wildman–Crippen LogP) is 2.44. The van der Waals surface area contributed by atoms with Gasteiger partial charge in [-0.2, -0.15) is 0 Å². The van der Waals surface area contributed by atoms with E-state index in [1.807, 2.05) is 31.1 Å². The van der Waals surface area contributed by atoms with E-state index in [1.165, 1.54) is 6.07 Å². The number of sulfonamides is 1. The number of nitrogen functional groups attached to an aromatic ring is 1. The molecule has 0 aromatic heterocycles. The van der Waals surface area contributed by atoms with Gasteiger partial charge in [0.15, 0.2) is 0 Å². The molecule has 112 valence electrons. The van der Waals surface area contributed by atoms with E-state index < -0.39 is 10.0 Å². The lowest BCUT2D eigenvalue weighted by Gasteiger charge is -2.19. The molecule has 0 spiro atoms. The van der Waals surface area contributed by atoms with Gasteiger partial charge in [-0.3, -0.25) is 4.72 Å². The van der Waals surface area contributed by atoms with E-state index in [0.717, 1.165) is 5.69 Å². The van der Waals surface area contributed by atoms with Gasteiger partial charge in [0.2, 0.25) is 0 Å². The molecule has 0 aliphatic rings. The van der Waals surface area contributed by atoms with Gasteiger partial charge in [0.05, 0.1) is 16.3 Å². The summed E-state index contributed by atoms with van der Waals surface area (Å²) in [5.41, 5.74) is 8.09. The van der Waals surface area contributed by atoms with Gasteiger partial charge < -0.3 is 10.6 Å². The summed E-state index contributed by atoms with van der Waals surface area (Å²) in [4.78, 5) is 2.04. The van der Waals surface area contributed by atoms with Crippen LogP contribution in [0.3, 0.4) is 0 Å². The van der Waals surface area contributed by atoms with Gasteiger partial charge in [-0.25, -0.2) is 8.42 Å². The van der Waals surface area contributed by atoms with Crippen molar-refractivity contribution in [3.8, 4) is 0 Å². The standard InChI is InChI=1S/C15H19N3O2S/c1-11-8-9-12(16)10-15(11)21(19,20)17-13-6-4-5-7-14(13)18(2)3/h4-10,17H,16H2,1-3H3. The van der Waals surface area contributed by atoms with E-state index in [2.05, 4.69) is 4.72 Å². The highest BCUT2D eigenvalue weighted by Gasteiger charge is 2.19. The van der Waals surface area contributed by atoms with Gasteiger partial charge in [-0.05, 0) is 36.8 Å². The predicted molar refractivity (Wildman–Crippen MR) is 87.2 cm³/mol. The minimum atomic E-state index is -3.68. The number of hydrogen-bond acceptors (Lipinski definition) is 4. The van der Waals surface area contributed by atoms with E-state index >= 15 is 0 Å². The summed E-state index contributed by atoms with van der Waals surface area (Å²) in [6.45, 7) is 1.74. The van der Waals surface area contributed by atoms with Crippen molar-refractivity contribution in [3.63, 3.8) is 0 Å². The maximum atomic E-state index is 12.6. The summed E-state index contributed by atoms with van der Waals surface area (Å²) < 4.78 is 27.8. The molecule has 2 aromatic rings. The van der Waals surface area contributed by atoms with Crippen LogP contribution >= 0.6 is 0 Å².